The maximum absolute atomic E-state index is 2.41. The van der Waals surface area contributed by atoms with E-state index in [4.69, 9.17) is 0 Å². The van der Waals surface area contributed by atoms with Crippen molar-refractivity contribution >= 4 is 22.9 Å². The van der Waals surface area contributed by atoms with Gasteiger partial charge in [-0.3, -0.25) is 3.11 Å². The van der Waals surface area contributed by atoms with E-state index in [9.17, 15) is 0 Å². The standard InChI is InChI=1S/C9H18IN/c1-8-5-3-4-6-9(8)7-11(2)10/h8-9H,3-7H2,1-2H3. The molecule has 1 nitrogen and oxygen atoms in total. The lowest BCUT2D eigenvalue weighted by Crippen LogP contribution is -2.25. The van der Waals surface area contributed by atoms with Crippen LogP contribution >= 0.6 is 22.9 Å². The second kappa shape index (κ2) is 4.65. The predicted molar refractivity (Wildman–Crippen MR) is 57.8 cm³/mol. The van der Waals surface area contributed by atoms with Gasteiger partial charge in [-0.25, -0.2) is 0 Å². The number of hydrogen-bond acceptors (Lipinski definition) is 1. The largest absolute Gasteiger partial charge is 0.250 e. The zero-order valence-corrected chi connectivity index (χ0v) is 9.67. The SMILES string of the molecule is CC1CCCCC1CN(C)I. The summed E-state index contributed by atoms with van der Waals surface area (Å²) in [4.78, 5) is 0. The van der Waals surface area contributed by atoms with E-state index in [1.54, 1.807) is 0 Å². The molecule has 0 aromatic carbocycles. The van der Waals surface area contributed by atoms with E-state index in [0.29, 0.717) is 0 Å². The lowest BCUT2D eigenvalue weighted by molar-refractivity contribution is 0.233. The molecule has 0 heterocycles. The fourth-order valence-corrected chi connectivity index (χ4v) is 2.49. The summed E-state index contributed by atoms with van der Waals surface area (Å²) in [6, 6.07) is 0. The van der Waals surface area contributed by atoms with Crippen molar-refractivity contribution in [3.63, 3.8) is 0 Å². The number of hydrogen-bond donors (Lipinski definition) is 0. The molecule has 0 aromatic heterocycles. The fraction of sp³-hybridized carbons (Fsp3) is 1.00. The molecule has 1 saturated carbocycles. The van der Waals surface area contributed by atoms with Gasteiger partial charge in [0.2, 0.25) is 0 Å². The average molecular weight is 267 g/mol. The normalized spacial score (nSPS) is 32.7. The molecule has 0 amide bonds. The quantitative estimate of drug-likeness (QED) is 0.549. The summed E-state index contributed by atoms with van der Waals surface area (Å²) in [6.45, 7) is 3.69. The van der Waals surface area contributed by atoms with Gasteiger partial charge in [-0.15, -0.1) is 0 Å². The highest BCUT2D eigenvalue weighted by Gasteiger charge is 2.21. The third-order valence-corrected chi connectivity index (χ3v) is 3.17. The number of nitrogens with zero attached hydrogens (tertiary/aromatic N) is 1. The molecule has 2 unspecified atom stereocenters. The van der Waals surface area contributed by atoms with E-state index >= 15 is 0 Å². The Kier molecular flexibility index (Phi) is 4.13. The van der Waals surface area contributed by atoms with E-state index in [0.717, 1.165) is 11.8 Å². The van der Waals surface area contributed by atoms with Crippen molar-refractivity contribution < 1.29 is 0 Å². The topological polar surface area (TPSA) is 3.24 Å². The van der Waals surface area contributed by atoms with E-state index < -0.39 is 0 Å². The number of rotatable bonds is 2. The zero-order chi connectivity index (χ0) is 8.27. The lowest BCUT2D eigenvalue weighted by atomic mass is 9.80. The smallest absolute Gasteiger partial charge is 0.0198 e. The fourth-order valence-electron chi connectivity index (χ4n) is 1.99. The molecule has 1 aliphatic carbocycles. The van der Waals surface area contributed by atoms with Gasteiger partial charge in [0.05, 0.1) is 0 Å². The van der Waals surface area contributed by atoms with E-state index in [-0.39, 0.29) is 0 Å². The minimum absolute atomic E-state index is 0.959. The molecule has 11 heavy (non-hydrogen) atoms. The van der Waals surface area contributed by atoms with Crippen molar-refractivity contribution in [3.8, 4) is 0 Å². The first kappa shape index (κ1) is 9.78. The van der Waals surface area contributed by atoms with Crippen molar-refractivity contribution in [2.75, 3.05) is 13.6 Å². The predicted octanol–water partition coefficient (Wildman–Crippen LogP) is 3.09. The maximum atomic E-state index is 2.41. The third kappa shape index (κ3) is 3.28. The molecule has 1 fully saturated rings. The maximum Gasteiger partial charge on any atom is 0.0198 e. The first-order valence-electron chi connectivity index (χ1n) is 4.57. The minimum Gasteiger partial charge on any atom is -0.250 e. The first-order valence-corrected chi connectivity index (χ1v) is 5.53. The Morgan fingerprint density at radius 3 is 2.55 bits per heavy atom. The Morgan fingerprint density at radius 1 is 1.36 bits per heavy atom. The van der Waals surface area contributed by atoms with Crippen LogP contribution in [0.3, 0.4) is 0 Å². The Bertz CT molecular complexity index is 114. The monoisotopic (exact) mass is 267 g/mol. The van der Waals surface area contributed by atoms with Crippen LogP contribution in [0.15, 0.2) is 0 Å². The van der Waals surface area contributed by atoms with Crippen molar-refractivity contribution in [2.45, 2.75) is 32.6 Å². The summed E-state index contributed by atoms with van der Waals surface area (Å²) < 4.78 is 2.30. The van der Waals surface area contributed by atoms with Gasteiger partial charge >= 0.3 is 0 Å². The number of halogens is 1. The van der Waals surface area contributed by atoms with E-state index in [1.807, 2.05) is 0 Å². The van der Waals surface area contributed by atoms with Gasteiger partial charge in [-0.1, -0.05) is 26.2 Å². The van der Waals surface area contributed by atoms with Crippen molar-refractivity contribution in [1.29, 1.82) is 0 Å². The van der Waals surface area contributed by atoms with E-state index in [1.165, 1.54) is 32.2 Å². The molecule has 0 bridgehead atoms. The molecular formula is C9H18IN. The highest BCUT2D eigenvalue weighted by atomic mass is 127. The molecule has 0 saturated heterocycles. The van der Waals surface area contributed by atoms with Crippen LogP contribution < -0.4 is 0 Å². The van der Waals surface area contributed by atoms with Crippen LogP contribution in [-0.2, 0) is 0 Å². The summed E-state index contributed by atoms with van der Waals surface area (Å²) in [5, 5.41) is 0. The molecule has 0 N–H and O–H groups in total. The van der Waals surface area contributed by atoms with Crippen LogP contribution in [-0.4, -0.2) is 16.7 Å². The molecule has 2 atom stereocenters. The lowest BCUT2D eigenvalue weighted by Gasteiger charge is -2.30. The van der Waals surface area contributed by atoms with Gasteiger partial charge in [-0.2, -0.15) is 0 Å². The van der Waals surface area contributed by atoms with Gasteiger partial charge in [0.1, 0.15) is 0 Å². The Labute approximate surface area is 84.0 Å². The molecule has 1 aliphatic rings. The molecule has 0 radical (unpaired) electrons. The molecule has 0 aliphatic heterocycles. The Hall–Kier alpha value is 0.690. The molecule has 0 aromatic rings. The van der Waals surface area contributed by atoms with Crippen molar-refractivity contribution in [2.24, 2.45) is 11.8 Å². The summed E-state index contributed by atoms with van der Waals surface area (Å²) in [5.74, 6) is 1.92. The van der Waals surface area contributed by atoms with Crippen LogP contribution in [0.5, 0.6) is 0 Å². The van der Waals surface area contributed by atoms with Crippen LogP contribution in [0.2, 0.25) is 0 Å². The van der Waals surface area contributed by atoms with Gasteiger partial charge < -0.3 is 0 Å². The molecule has 66 valence electrons. The Morgan fingerprint density at radius 2 is 2.00 bits per heavy atom. The molecular weight excluding hydrogens is 249 g/mol. The highest BCUT2D eigenvalue weighted by molar-refractivity contribution is 14.1. The van der Waals surface area contributed by atoms with Gasteiger partial charge in [-0.05, 0) is 25.3 Å². The second-order valence-corrected chi connectivity index (χ2v) is 5.46. The van der Waals surface area contributed by atoms with Crippen LogP contribution in [0.1, 0.15) is 32.6 Å². The Balaban J connectivity index is 2.29. The van der Waals surface area contributed by atoms with E-state index in [2.05, 4.69) is 39.9 Å². The summed E-state index contributed by atoms with van der Waals surface area (Å²) in [5.41, 5.74) is 0. The minimum atomic E-state index is 0.959. The highest BCUT2D eigenvalue weighted by Crippen LogP contribution is 2.30. The van der Waals surface area contributed by atoms with Gasteiger partial charge in [0, 0.05) is 29.4 Å². The first-order chi connectivity index (χ1) is 5.20. The molecule has 1 rings (SSSR count). The summed E-state index contributed by atoms with van der Waals surface area (Å²) in [6.07, 6.45) is 5.83. The summed E-state index contributed by atoms with van der Waals surface area (Å²) >= 11 is 2.39. The van der Waals surface area contributed by atoms with Gasteiger partial charge in [0.15, 0.2) is 0 Å². The average Bonchev–Trinajstić information content (AvgIpc) is 1.93. The van der Waals surface area contributed by atoms with Crippen LogP contribution in [0.25, 0.3) is 0 Å². The van der Waals surface area contributed by atoms with Crippen molar-refractivity contribution in [3.05, 3.63) is 0 Å². The van der Waals surface area contributed by atoms with Crippen LogP contribution in [0.4, 0.5) is 0 Å². The molecule has 2 heteroatoms. The zero-order valence-electron chi connectivity index (χ0n) is 7.52. The van der Waals surface area contributed by atoms with Crippen LogP contribution in [0, 0.1) is 11.8 Å². The van der Waals surface area contributed by atoms with Gasteiger partial charge in [0.25, 0.3) is 0 Å². The molecule has 0 spiro atoms. The second-order valence-electron chi connectivity index (χ2n) is 3.81. The van der Waals surface area contributed by atoms with Crippen molar-refractivity contribution in [1.82, 2.24) is 3.11 Å². The third-order valence-electron chi connectivity index (χ3n) is 2.78. The summed E-state index contributed by atoms with van der Waals surface area (Å²) in [7, 11) is 2.17.